The van der Waals surface area contributed by atoms with E-state index in [-0.39, 0.29) is 17.1 Å². The fourth-order valence-corrected chi connectivity index (χ4v) is 3.20. The van der Waals surface area contributed by atoms with Crippen molar-refractivity contribution in [2.45, 2.75) is 31.9 Å². The van der Waals surface area contributed by atoms with Crippen LogP contribution in [0.1, 0.15) is 42.1 Å². The van der Waals surface area contributed by atoms with Crippen molar-refractivity contribution in [2.24, 2.45) is 0 Å². The summed E-state index contributed by atoms with van der Waals surface area (Å²) < 4.78 is 36.9. The zero-order valence-electron chi connectivity index (χ0n) is 10.7. The van der Waals surface area contributed by atoms with Gasteiger partial charge in [0.15, 0.2) is 9.84 Å². The van der Waals surface area contributed by atoms with Crippen molar-refractivity contribution in [3.05, 3.63) is 35.1 Å². The lowest BCUT2D eigenvalue weighted by molar-refractivity contribution is 0.0692. The molecule has 0 saturated heterocycles. The van der Waals surface area contributed by atoms with Gasteiger partial charge in [0.2, 0.25) is 0 Å². The summed E-state index contributed by atoms with van der Waals surface area (Å²) >= 11 is 0. The van der Waals surface area contributed by atoms with Gasteiger partial charge in [-0.1, -0.05) is 25.8 Å². The molecule has 19 heavy (non-hydrogen) atoms. The summed E-state index contributed by atoms with van der Waals surface area (Å²) in [7, 11) is -3.27. The second-order valence-corrected chi connectivity index (χ2v) is 6.60. The van der Waals surface area contributed by atoms with Gasteiger partial charge in [0.05, 0.1) is 17.1 Å². The lowest BCUT2D eigenvalue weighted by Gasteiger charge is -2.05. The third-order valence-corrected chi connectivity index (χ3v) is 4.39. The average molecular weight is 288 g/mol. The van der Waals surface area contributed by atoms with Crippen molar-refractivity contribution in [2.75, 3.05) is 5.75 Å². The molecule has 0 spiro atoms. The Kier molecular flexibility index (Phi) is 5.47. The number of hydrogen-bond donors (Lipinski definition) is 1. The van der Waals surface area contributed by atoms with Crippen molar-refractivity contribution < 1.29 is 22.7 Å². The molecule has 0 radical (unpaired) electrons. The van der Waals surface area contributed by atoms with Gasteiger partial charge in [0, 0.05) is 0 Å². The lowest BCUT2D eigenvalue weighted by atomic mass is 10.1. The molecule has 1 rings (SSSR count). The lowest BCUT2D eigenvalue weighted by Crippen LogP contribution is -2.10. The van der Waals surface area contributed by atoms with Crippen LogP contribution in [-0.4, -0.2) is 25.2 Å². The number of aromatic carboxylic acids is 1. The van der Waals surface area contributed by atoms with Crippen LogP contribution in [0.5, 0.6) is 0 Å². The molecule has 0 heterocycles. The predicted molar refractivity (Wildman–Crippen MR) is 70.4 cm³/mol. The number of carbonyl (C=O) groups is 1. The molecule has 0 amide bonds. The highest BCUT2D eigenvalue weighted by Gasteiger charge is 2.15. The summed E-state index contributed by atoms with van der Waals surface area (Å²) in [6.07, 6.45) is 2.36. The van der Waals surface area contributed by atoms with E-state index in [0.29, 0.717) is 6.42 Å². The van der Waals surface area contributed by atoms with E-state index in [0.717, 1.165) is 25.0 Å². The molecule has 1 aromatic carbocycles. The van der Waals surface area contributed by atoms with Crippen molar-refractivity contribution >= 4 is 15.8 Å². The van der Waals surface area contributed by atoms with Crippen molar-refractivity contribution in [1.82, 2.24) is 0 Å². The van der Waals surface area contributed by atoms with Crippen LogP contribution in [-0.2, 0) is 15.6 Å². The fourth-order valence-electron chi connectivity index (χ4n) is 1.72. The number of halogens is 1. The van der Waals surface area contributed by atoms with Gasteiger partial charge in [-0.15, -0.1) is 0 Å². The van der Waals surface area contributed by atoms with E-state index in [1.807, 2.05) is 6.92 Å². The quantitative estimate of drug-likeness (QED) is 0.783. The summed E-state index contributed by atoms with van der Waals surface area (Å²) in [4.78, 5) is 10.6. The maximum absolute atomic E-state index is 13.4. The van der Waals surface area contributed by atoms with E-state index in [1.165, 1.54) is 6.07 Å². The minimum Gasteiger partial charge on any atom is -0.478 e. The van der Waals surface area contributed by atoms with Crippen molar-refractivity contribution in [3.63, 3.8) is 0 Å². The normalized spacial score (nSPS) is 11.5. The zero-order chi connectivity index (χ0) is 14.5. The highest BCUT2D eigenvalue weighted by atomic mass is 32.2. The maximum atomic E-state index is 13.4. The van der Waals surface area contributed by atoms with Crippen LogP contribution in [0.4, 0.5) is 4.39 Å². The minimum atomic E-state index is -3.27. The van der Waals surface area contributed by atoms with Gasteiger partial charge in [-0.3, -0.25) is 0 Å². The fraction of sp³-hybridized carbons (Fsp3) is 0.462. The van der Waals surface area contributed by atoms with Gasteiger partial charge in [-0.2, -0.15) is 0 Å². The molecule has 6 heteroatoms. The zero-order valence-corrected chi connectivity index (χ0v) is 11.5. The molecule has 0 aliphatic carbocycles. The molecule has 0 aliphatic rings. The number of sulfone groups is 1. The molecule has 0 saturated carbocycles. The first kappa shape index (κ1) is 15.6. The second kappa shape index (κ2) is 6.65. The smallest absolute Gasteiger partial charge is 0.338 e. The van der Waals surface area contributed by atoms with E-state index in [2.05, 4.69) is 0 Å². The van der Waals surface area contributed by atoms with Gasteiger partial charge < -0.3 is 5.11 Å². The molecule has 0 unspecified atom stereocenters. The number of rotatable bonds is 7. The number of carboxylic acid groups (broad SMARTS) is 1. The monoisotopic (exact) mass is 288 g/mol. The highest BCUT2D eigenvalue weighted by molar-refractivity contribution is 7.90. The molecule has 0 atom stereocenters. The molecule has 1 N–H and O–H groups in total. The molecule has 1 aromatic rings. The molecule has 0 fully saturated rings. The Bertz CT molecular complexity index is 552. The maximum Gasteiger partial charge on any atom is 0.338 e. The van der Waals surface area contributed by atoms with Crippen LogP contribution in [0, 0.1) is 5.82 Å². The van der Waals surface area contributed by atoms with Crippen LogP contribution in [0.2, 0.25) is 0 Å². The van der Waals surface area contributed by atoms with Crippen LogP contribution < -0.4 is 0 Å². The van der Waals surface area contributed by atoms with Gasteiger partial charge in [-0.05, 0) is 24.1 Å². The summed E-state index contributed by atoms with van der Waals surface area (Å²) in [5, 5.41) is 8.67. The summed E-state index contributed by atoms with van der Waals surface area (Å²) in [6.45, 7) is 1.98. The van der Waals surface area contributed by atoms with Gasteiger partial charge >= 0.3 is 5.97 Å². The Morgan fingerprint density at radius 2 is 2.00 bits per heavy atom. The Hall–Kier alpha value is -1.43. The molecular formula is C13H17FO4S. The first-order valence-electron chi connectivity index (χ1n) is 6.08. The SMILES string of the molecule is CCCCCS(=O)(=O)Cc1ccc(C(=O)O)c(F)c1. The molecule has 0 bridgehead atoms. The predicted octanol–water partition coefficient (Wildman–Crippen LogP) is 2.63. The second-order valence-electron chi connectivity index (χ2n) is 4.42. The first-order chi connectivity index (χ1) is 8.85. The van der Waals surface area contributed by atoms with E-state index in [1.54, 1.807) is 0 Å². The Labute approximate surface area is 112 Å². The standard InChI is InChI=1S/C13H17FO4S/c1-2-3-4-7-19(17,18)9-10-5-6-11(13(15)16)12(14)8-10/h5-6,8H,2-4,7,9H2,1H3,(H,15,16). The summed E-state index contributed by atoms with van der Waals surface area (Å²) in [5.74, 6) is -2.46. The van der Waals surface area contributed by atoms with Crippen molar-refractivity contribution in [1.29, 1.82) is 0 Å². The number of unbranched alkanes of at least 4 members (excludes halogenated alkanes) is 2. The first-order valence-corrected chi connectivity index (χ1v) is 7.90. The van der Waals surface area contributed by atoms with Gasteiger partial charge in [-0.25, -0.2) is 17.6 Å². The summed E-state index contributed by atoms with van der Waals surface area (Å²) in [5.41, 5.74) is -0.175. The van der Waals surface area contributed by atoms with E-state index in [9.17, 15) is 17.6 Å². The average Bonchev–Trinajstić information content (AvgIpc) is 2.28. The van der Waals surface area contributed by atoms with E-state index in [4.69, 9.17) is 5.11 Å². The minimum absolute atomic E-state index is 0.0726. The van der Waals surface area contributed by atoms with Crippen LogP contribution in [0.25, 0.3) is 0 Å². The Balaban J connectivity index is 2.77. The van der Waals surface area contributed by atoms with Crippen molar-refractivity contribution in [3.8, 4) is 0 Å². The third kappa shape index (κ3) is 4.98. The van der Waals surface area contributed by atoms with Crippen LogP contribution >= 0.6 is 0 Å². The number of benzene rings is 1. The molecule has 0 aliphatic heterocycles. The number of carboxylic acids is 1. The molecular weight excluding hydrogens is 271 g/mol. The topological polar surface area (TPSA) is 71.4 Å². The molecule has 0 aromatic heterocycles. The van der Waals surface area contributed by atoms with E-state index < -0.39 is 27.2 Å². The Morgan fingerprint density at radius 1 is 1.32 bits per heavy atom. The summed E-state index contributed by atoms with van der Waals surface area (Å²) in [6, 6.07) is 3.40. The van der Waals surface area contributed by atoms with Crippen LogP contribution in [0.3, 0.4) is 0 Å². The van der Waals surface area contributed by atoms with E-state index >= 15 is 0 Å². The number of hydrogen-bond acceptors (Lipinski definition) is 3. The van der Waals surface area contributed by atoms with Gasteiger partial charge in [0.25, 0.3) is 0 Å². The van der Waals surface area contributed by atoms with Crippen LogP contribution in [0.15, 0.2) is 18.2 Å². The largest absolute Gasteiger partial charge is 0.478 e. The third-order valence-electron chi connectivity index (χ3n) is 2.71. The molecule has 4 nitrogen and oxygen atoms in total. The Morgan fingerprint density at radius 3 is 2.53 bits per heavy atom. The van der Waals surface area contributed by atoms with Gasteiger partial charge in [0.1, 0.15) is 5.82 Å². The molecule has 106 valence electrons. The highest BCUT2D eigenvalue weighted by Crippen LogP contribution is 2.14.